The van der Waals surface area contributed by atoms with Crippen molar-refractivity contribution in [1.82, 2.24) is 0 Å². The third-order valence-corrected chi connectivity index (χ3v) is 5.17. The van der Waals surface area contributed by atoms with Gasteiger partial charge < -0.3 is 9.84 Å². The van der Waals surface area contributed by atoms with Gasteiger partial charge in [-0.2, -0.15) is 0 Å². The summed E-state index contributed by atoms with van der Waals surface area (Å²) < 4.78 is 5.16. The van der Waals surface area contributed by atoms with E-state index in [1.807, 2.05) is 23.9 Å². The van der Waals surface area contributed by atoms with Crippen LogP contribution in [0, 0.1) is 0 Å². The summed E-state index contributed by atoms with van der Waals surface area (Å²) in [5.41, 5.74) is 1.27. The lowest BCUT2D eigenvalue weighted by atomic mass is 9.93. The van der Waals surface area contributed by atoms with Crippen LogP contribution in [0.15, 0.2) is 29.3 Å². The molecule has 1 aromatic rings. The second-order valence-electron chi connectivity index (χ2n) is 5.24. The zero-order valence-corrected chi connectivity index (χ0v) is 11.9. The van der Waals surface area contributed by atoms with Crippen molar-refractivity contribution in [2.45, 2.75) is 43.1 Å². The minimum Gasteiger partial charge on any atom is -0.497 e. The van der Waals surface area contributed by atoms with Crippen molar-refractivity contribution < 1.29 is 9.84 Å². The average Bonchev–Trinajstić information content (AvgIpc) is 2.81. The number of nitrogens with zero attached hydrogens (tertiary/aromatic N) is 1. The molecule has 1 aromatic carbocycles. The molecule has 3 nitrogen and oxygen atoms in total. The van der Waals surface area contributed by atoms with Gasteiger partial charge in [-0.1, -0.05) is 12.1 Å². The van der Waals surface area contributed by atoms with Gasteiger partial charge >= 0.3 is 0 Å². The summed E-state index contributed by atoms with van der Waals surface area (Å²) in [7, 11) is 1.68. The summed E-state index contributed by atoms with van der Waals surface area (Å²) in [6, 6.07) is 8.61. The molecule has 0 radical (unpaired) electrons. The fourth-order valence-electron chi connectivity index (χ4n) is 2.76. The van der Waals surface area contributed by atoms with Crippen LogP contribution in [0.25, 0.3) is 0 Å². The van der Waals surface area contributed by atoms with Gasteiger partial charge in [0, 0.05) is 11.7 Å². The molecule has 3 unspecified atom stereocenters. The lowest BCUT2D eigenvalue weighted by Crippen LogP contribution is -2.30. The van der Waals surface area contributed by atoms with E-state index in [4.69, 9.17) is 9.73 Å². The first-order chi connectivity index (χ1) is 9.24. The lowest BCUT2D eigenvalue weighted by molar-refractivity contribution is 0.127. The summed E-state index contributed by atoms with van der Waals surface area (Å²) in [6.07, 6.45) is 3.61. The molecule has 1 aliphatic heterocycles. The van der Waals surface area contributed by atoms with E-state index < -0.39 is 0 Å². The molecular weight excluding hydrogens is 258 g/mol. The predicted molar refractivity (Wildman–Crippen MR) is 79.2 cm³/mol. The van der Waals surface area contributed by atoms with Crippen LogP contribution in [-0.2, 0) is 6.42 Å². The van der Waals surface area contributed by atoms with Crippen LogP contribution < -0.4 is 4.74 Å². The molecule has 0 aromatic heterocycles. The van der Waals surface area contributed by atoms with Crippen molar-refractivity contribution in [3.05, 3.63) is 29.8 Å². The third-order valence-electron chi connectivity index (χ3n) is 3.84. The standard InChI is InChI=1S/C15H19NO2S/c1-18-12-5-2-10(3-6-12)8-15-16-13-7-4-11(17)9-14(13)19-15/h2-3,5-6,11,13-14,17H,4,7-9H2,1H3. The topological polar surface area (TPSA) is 41.8 Å². The number of hydrogen-bond donors (Lipinski definition) is 1. The molecule has 1 heterocycles. The van der Waals surface area contributed by atoms with Crippen LogP contribution in [0.1, 0.15) is 24.8 Å². The van der Waals surface area contributed by atoms with Crippen LogP contribution in [0.5, 0.6) is 5.75 Å². The van der Waals surface area contributed by atoms with Gasteiger partial charge in [-0.05, 0) is 37.0 Å². The number of aliphatic hydroxyl groups is 1. The number of hydrogen-bond acceptors (Lipinski definition) is 4. The molecule has 3 atom stereocenters. The molecule has 0 spiro atoms. The summed E-state index contributed by atoms with van der Waals surface area (Å²) in [6.45, 7) is 0. The number of methoxy groups -OCH3 is 1. The number of rotatable bonds is 3. The number of aliphatic imine (C=N–C) groups is 1. The zero-order chi connectivity index (χ0) is 13.2. The van der Waals surface area contributed by atoms with Gasteiger partial charge in [0.25, 0.3) is 0 Å². The third kappa shape index (κ3) is 2.95. The van der Waals surface area contributed by atoms with Gasteiger partial charge in [0.15, 0.2) is 0 Å². The first kappa shape index (κ1) is 13.0. The molecule has 1 aliphatic carbocycles. The van der Waals surface area contributed by atoms with Crippen LogP contribution in [0.4, 0.5) is 0 Å². The molecule has 0 bridgehead atoms. The normalized spacial score (nSPS) is 29.8. The van der Waals surface area contributed by atoms with E-state index in [0.29, 0.717) is 11.3 Å². The lowest BCUT2D eigenvalue weighted by Gasteiger charge is -2.26. The SMILES string of the molecule is COc1ccc(CC2=NC3CCC(O)CC3S2)cc1. The van der Waals surface area contributed by atoms with Crippen molar-refractivity contribution in [2.75, 3.05) is 7.11 Å². The van der Waals surface area contributed by atoms with Crippen LogP contribution in [0.2, 0.25) is 0 Å². The number of benzene rings is 1. The largest absolute Gasteiger partial charge is 0.497 e. The molecule has 4 heteroatoms. The molecular formula is C15H19NO2S. The summed E-state index contributed by atoms with van der Waals surface area (Å²) >= 11 is 1.86. The van der Waals surface area contributed by atoms with Crippen LogP contribution in [0.3, 0.4) is 0 Å². The van der Waals surface area contributed by atoms with Crippen molar-refractivity contribution in [3.8, 4) is 5.75 Å². The van der Waals surface area contributed by atoms with Gasteiger partial charge in [0.1, 0.15) is 5.75 Å². The maximum Gasteiger partial charge on any atom is 0.118 e. The van der Waals surface area contributed by atoms with Crippen LogP contribution in [-0.4, -0.2) is 34.7 Å². The zero-order valence-electron chi connectivity index (χ0n) is 11.1. The highest BCUT2D eigenvalue weighted by Crippen LogP contribution is 2.38. The monoisotopic (exact) mass is 277 g/mol. The molecule has 2 aliphatic rings. The Hall–Kier alpha value is -1.00. The maximum atomic E-state index is 9.71. The molecule has 1 saturated carbocycles. The van der Waals surface area contributed by atoms with E-state index >= 15 is 0 Å². The molecule has 0 saturated heterocycles. The molecule has 19 heavy (non-hydrogen) atoms. The highest BCUT2D eigenvalue weighted by Gasteiger charge is 2.35. The fourth-order valence-corrected chi connectivity index (χ4v) is 4.23. The van der Waals surface area contributed by atoms with E-state index in [1.165, 1.54) is 10.6 Å². The highest BCUT2D eigenvalue weighted by atomic mass is 32.2. The van der Waals surface area contributed by atoms with Crippen molar-refractivity contribution in [3.63, 3.8) is 0 Å². The first-order valence-electron chi connectivity index (χ1n) is 6.79. The Morgan fingerprint density at radius 1 is 1.32 bits per heavy atom. The number of aliphatic hydroxyl groups excluding tert-OH is 1. The van der Waals surface area contributed by atoms with E-state index in [1.54, 1.807) is 7.11 Å². The van der Waals surface area contributed by atoms with Crippen molar-refractivity contribution in [2.24, 2.45) is 4.99 Å². The molecule has 3 rings (SSSR count). The van der Waals surface area contributed by atoms with E-state index in [2.05, 4.69) is 12.1 Å². The van der Waals surface area contributed by atoms with Gasteiger partial charge in [0.2, 0.25) is 0 Å². The Bertz CT molecular complexity index is 472. The van der Waals surface area contributed by atoms with Crippen molar-refractivity contribution >= 4 is 16.8 Å². The van der Waals surface area contributed by atoms with Gasteiger partial charge in [-0.25, -0.2) is 0 Å². The molecule has 0 amide bonds. The smallest absolute Gasteiger partial charge is 0.118 e. The quantitative estimate of drug-likeness (QED) is 0.923. The molecule has 1 fully saturated rings. The number of thioether (sulfide) groups is 1. The van der Waals surface area contributed by atoms with E-state index in [9.17, 15) is 5.11 Å². The minimum absolute atomic E-state index is 0.121. The average molecular weight is 277 g/mol. The van der Waals surface area contributed by atoms with Gasteiger partial charge in [0.05, 0.1) is 24.3 Å². The Kier molecular flexibility index (Phi) is 3.80. The Morgan fingerprint density at radius 2 is 2.11 bits per heavy atom. The first-order valence-corrected chi connectivity index (χ1v) is 7.67. The summed E-state index contributed by atoms with van der Waals surface area (Å²) in [4.78, 5) is 4.82. The summed E-state index contributed by atoms with van der Waals surface area (Å²) in [5, 5.41) is 11.4. The Labute approximate surface area is 118 Å². The van der Waals surface area contributed by atoms with Gasteiger partial charge in [-0.15, -0.1) is 11.8 Å². The van der Waals surface area contributed by atoms with Crippen LogP contribution >= 0.6 is 11.8 Å². The number of fused-ring (bicyclic) bond motifs is 1. The molecule has 1 N–H and O–H groups in total. The maximum absolute atomic E-state index is 9.71. The minimum atomic E-state index is -0.121. The Morgan fingerprint density at radius 3 is 2.84 bits per heavy atom. The predicted octanol–water partition coefficient (Wildman–Crippen LogP) is 2.67. The molecule has 102 valence electrons. The van der Waals surface area contributed by atoms with E-state index in [0.717, 1.165) is 31.4 Å². The fraction of sp³-hybridized carbons (Fsp3) is 0.533. The second kappa shape index (κ2) is 5.55. The van der Waals surface area contributed by atoms with Gasteiger partial charge in [-0.3, -0.25) is 4.99 Å². The van der Waals surface area contributed by atoms with Crippen molar-refractivity contribution in [1.29, 1.82) is 0 Å². The number of ether oxygens (including phenoxy) is 1. The highest BCUT2D eigenvalue weighted by molar-refractivity contribution is 8.14. The Balaban J connectivity index is 1.64. The second-order valence-corrected chi connectivity index (χ2v) is 6.55. The van der Waals surface area contributed by atoms with E-state index in [-0.39, 0.29) is 6.10 Å². The summed E-state index contributed by atoms with van der Waals surface area (Å²) in [5.74, 6) is 0.890.